The fourth-order valence-electron chi connectivity index (χ4n) is 2.67. The van der Waals surface area contributed by atoms with Gasteiger partial charge in [-0.05, 0) is 41.1 Å². The molecule has 0 fully saturated rings. The second kappa shape index (κ2) is 11.9. The Labute approximate surface area is 201 Å². The molecule has 2 aromatic rings. The van der Waals surface area contributed by atoms with Crippen molar-refractivity contribution in [1.29, 1.82) is 0 Å². The van der Waals surface area contributed by atoms with Crippen molar-refractivity contribution < 1.29 is 22.6 Å². The third-order valence-electron chi connectivity index (χ3n) is 6.12. The van der Waals surface area contributed by atoms with Crippen LogP contribution < -0.4 is 0 Å². The average Bonchev–Trinajstić information content (AvgIpc) is 2.76. The van der Waals surface area contributed by atoms with Crippen LogP contribution in [0.3, 0.4) is 0 Å². The fraction of sp³-hybridized carbons (Fsp3) is 0.538. The van der Waals surface area contributed by atoms with E-state index in [0.717, 1.165) is 11.1 Å². The summed E-state index contributed by atoms with van der Waals surface area (Å²) < 4.78 is 37.0. The Kier molecular flexibility index (Phi) is 10.1. The molecule has 5 nitrogen and oxygen atoms in total. The van der Waals surface area contributed by atoms with Crippen molar-refractivity contribution in [1.82, 2.24) is 0 Å². The van der Waals surface area contributed by atoms with Crippen LogP contribution in [0, 0.1) is 5.41 Å². The molecule has 0 heterocycles. The molecule has 0 N–H and O–H groups in total. The summed E-state index contributed by atoms with van der Waals surface area (Å²) in [5, 5.41) is 0.159. The van der Waals surface area contributed by atoms with Gasteiger partial charge in [-0.15, -0.1) is 0 Å². The van der Waals surface area contributed by atoms with Crippen molar-refractivity contribution in [2.75, 3.05) is 13.2 Å². The lowest BCUT2D eigenvalue weighted by molar-refractivity contribution is 0.0810. The van der Waals surface area contributed by atoms with E-state index >= 15 is 0 Å². The molecule has 184 valence electrons. The van der Waals surface area contributed by atoms with Crippen molar-refractivity contribution in [3.63, 3.8) is 0 Å². The van der Waals surface area contributed by atoms with Gasteiger partial charge in [-0.1, -0.05) is 95.3 Å². The van der Waals surface area contributed by atoms with Gasteiger partial charge < -0.3 is 4.43 Å². The van der Waals surface area contributed by atoms with E-state index in [1.807, 2.05) is 60.7 Å². The van der Waals surface area contributed by atoms with E-state index in [1.165, 1.54) is 0 Å². The zero-order chi connectivity index (χ0) is 24.6. The van der Waals surface area contributed by atoms with Gasteiger partial charge in [0.1, 0.15) is 0 Å². The molecule has 33 heavy (non-hydrogen) atoms. The lowest BCUT2D eigenvalue weighted by Crippen LogP contribution is -2.43. The van der Waals surface area contributed by atoms with Gasteiger partial charge in [0.2, 0.25) is 0 Å². The standard InChI is InChI=1S/C26H41O5PSi/c1-25(2,3)33(6,7)31-22-26(4,5)18-19-28-32(27,29-20-23-14-10-8-11-15-23)30-21-24-16-12-9-13-17-24/h8-17H,18-22H2,1-7H3. The molecule has 0 saturated heterocycles. The highest BCUT2D eigenvalue weighted by atomic mass is 31.2. The minimum absolute atomic E-state index is 0.126. The number of phosphoric ester groups is 1. The maximum atomic E-state index is 13.4. The van der Waals surface area contributed by atoms with Gasteiger partial charge in [0.05, 0.1) is 19.8 Å². The van der Waals surface area contributed by atoms with Crippen LogP contribution in [0.2, 0.25) is 18.1 Å². The summed E-state index contributed by atoms with van der Waals surface area (Å²) in [6.45, 7) is 16.7. The summed E-state index contributed by atoms with van der Waals surface area (Å²) in [4.78, 5) is 0. The Balaban J connectivity index is 1.96. The van der Waals surface area contributed by atoms with Gasteiger partial charge in [0.15, 0.2) is 8.32 Å². The Morgan fingerprint density at radius 1 is 0.758 bits per heavy atom. The van der Waals surface area contributed by atoms with Crippen LogP contribution in [-0.2, 0) is 35.8 Å². The minimum atomic E-state index is -3.75. The van der Waals surface area contributed by atoms with Gasteiger partial charge >= 0.3 is 7.82 Å². The summed E-state index contributed by atoms with van der Waals surface area (Å²) in [6, 6.07) is 19.2. The van der Waals surface area contributed by atoms with Crippen LogP contribution in [0.1, 0.15) is 52.2 Å². The lowest BCUT2D eigenvalue weighted by Gasteiger charge is -2.39. The van der Waals surface area contributed by atoms with Gasteiger partial charge in [-0.25, -0.2) is 4.57 Å². The zero-order valence-corrected chi connectivity index (χ0v) is 23.2. The van der Waals surface area contributed by atoms with Gasteiger partial charge in [-0.3, -0.25) is 13.6 Å². The second-order valence-electron chi connectivity index (χ2n) is 10.8. The van der Waals surface area contributed by atoms with E-state index in [-0.39, 0.29) is 30.3 Å². The smallest absolute Gasteiger partial charge is 0.416 e. The highest BCUT2D eigenvalue weighted by Crippen LogP contribution is 2.51. The van der Waals surface area contributed by atoms with Crippen molar-refractivity contribution in [2.24, 2.45) is 5.41 Å². The second-order valence-corrected chi connectivity index (χ2v) is 17.2. The molecule has 0 radical (unpaired) electrons. The Bertz CT molecular complexity index is 831. The monoisotopic (exact) mass is 492 g/mol. The Morgan fingerprint density at radius 3 is 1.64 bits per heavy atom. The zero-order valence-electron chi connectivity index (χ0n) is 21.3. The number of phosphoric acid groups is 1. The van der Waals surface area contributed by atoms with Gasteiger partial charge in [-0.2, -0.15) is 0 Å². The third-order valence-corrected chi connectivity index (χ3v) is 12.0. The minimum Gasteiger partial charge on any atom is -0.416 e. The SMILES string of the molecule is CC(C)(CCOP(=O)(OCc1ccccc1)OCc1ccccc1)CO[Si](C)(C)C(C)(C)C. The maximum Gasteiger partial charge on any atom is 0.475 e. The molecule has 0 amide bonds. The van der Waals surface area contributed by atoms with Crippen molar-refractivity contribution in [3.8, 4) is 0 Å². The molecule has 0 spiro atoms. The molecular formula is C26H41O5PSi. The largest absolute Gasteiger partial charge is 0.475 e. The summed E-state index contributed by atoms with van der Waals surface area (Å²) >= 11 is 0. The molecule has 0 aromatic heterocycles. The molecule has 0 atom stereocenters. The van der Waals surface area contributed by atoms with E-state index in [1.54, 1.807) is 0 Å². The predicted octanol–water partition coefficient (Wildman–Crippen LogP) is 7.98. The summed E-state index contributed by atoms with van der Waals surface area (Å²) in [7, 11) is -5.58. The van der Waals surface area contributed by atoms with Crippen LogP contribution >= 0.6 is 7.82 Å². The molecule has 0 saturated carbocycles. The van der Waals surface area contributed by atoms with Crippen LogP contribution in [0.25, 0.3) is 0 Å². The fourth-order valence-corrected chi connectivity index (χ4v) is 5.00. The topological polar surface area (TPSA) is 54.0 Å². The number of hydrogen-bond donors (Lipinski definition) is 0. The van der Waals surface area contributed by atoms with Crippen molar-refractivity contribution in [2.45, 2.75) is 72.4 Å². The summed E-state index contributed by atoms with van der Waals surface area (Å²) in [5.41, 5.74) is 1.69. The van der Waals surface area contributed by atoms with E-state index < -0.39 is 16.1 Å². The van der Waals surface area contributed by atoms with Crippen LogP contribution in [0.4, 0.5) is 0 Å². The number of hydrogen-bond acceptors (Lipinski definition) is 5. The highest BCUT2D eigenvalue weighted by molar-refractivity contribution is 7.48. The van der Waals surface area contributed by atoms with Crippen LogP contribution in [0.5, 0.6) is 0 Å². The van der Waals surface area contributed by atoms with E-state index in [2.05, 4.69) is 47.7 Å². The van der Waals surface area contributed by atoms with E-state index in [9.17, 15) is 4.57 Å². The Morgan fingerprint density at radius 2 is 1.21 bits per heavy atom. The van der Waals surface area contributed by atoms with Crippen molar-refractivity contribution >= 4 is 16.1 Å². The van der Waals surface area contributed by atoms with Gasteiger partial charge in [0.25, 0.3) is 0 Å². The van der Waals surface area contributed by atoms with Gasteiger partial charge in [0, 0.05) is 6.61 Å². The molecule has 0 unspecified atom stereocenters. The molecule has 0 aliphatic heterocycles. The number of benzene rings is 2. The third kappa shape index (κ3) is 9.85. The molecular weight excluding hydrogens is 451 g/mol. The normalized spacial score (nSPS) is 13.3. The molecule has 7 heteroatoms. The first kappa shape index (κ1) is 28.0. The van der Waals surface area contributed by atoms with E-state index in [4.69, 9.17) is 18.0 Å². The molecule has 2 rings (SSSR count). The molecule has 2 aromatic carbocycles. The van der Waals surface area contributed by atoms with E-state index in [0.29, 0.717) is 13.0 Å². The first-order valence-corrected chi connectivity index (χ1v) is 15.9. The molecule has 0 bridgehead atoms. The first-order chi connectivity index (χ1) is 15.3. The number of rotatable bonds is 13. The highest BCUT2D eigenvalue weighted by Gasteiger charge is 2.38. The molecule has 0 aliphatic carbocycles. The Hall–Kier alpha value is -1.27. The quantitative estimate of drug-likeness (QED) is 0.209. The first-order valence-electron chi connectivity index (χ1n) is 11.6. The van der Waals surface area contributed by atoms with Crippen LogP contribution in [-0.4, -0.2) is 21.5 Å². The average molecular weight is 493 g/mol. The molecule has 0 aliphatic rings. The van der Waals surface area contributed by atoms with Crippen molar-refractivity contribution in [3.05, 3.63) is 71.8 Å². The summed E-state index contributed by atoms with van der Waals surface area (Å²) in [6.07, 6.45) is 0.676. The predicted molar refractivity (Wildman–Crippen MR) is 138 cm³/mol. The van der Waals surface area contributed by atoms with Crippen LogP contribution in [0.15, 0.2) is 60.7 Å². The summed E-state index contributed by atoms with van der Waals surface area (Å²) in [5.74, 6) is 0. The lowest BCUT2D eigenvalue weighted by atomic mass is 9.91. The maximum absolute atomic E-state index is 13.4.